The molecular weight excluding hydrogens is 670 g/mol. The van der Waals surface area contributed by atoms with Crippen LogP contribution in [0.2, 0.25) is 5.02 Å². The Bertz CT molecular complexity index is 1780. The summed E-state index contributed by atoms with van der Waals surface area (Å²) in [4.78, 5) is 28.8. The minimum absolute atomic E-state index is 0.0735. The second kappa shape index (κ2) is 16.4. The van der Waals surface area contributed by atoms with Crippen molar-refractivity contribution < 1.29 is 28.9 Å². The summed E-state index contributed by atoms with van der Waals surface area (Å²) in [5, 5.41) is 21.1. The Morgan fingerprint density at radius 1 is 1.02 bits per heavy atom. The maximum Gasteiger partial charge on any atom is 0.301 e. The van der Waals surface area contributed by atoms with Gasteiger partial charge in [-0.15, -0.1) is 10.2 Å². The molecule has 9 nitrogen and oxygen atoms in total. The number of ether oxygens (including phenoxy) is 3. The van der Waals surface area contributed by atoms with Gasteiger partial charge in [0.05, 0.1) is 31.9 Å². The second-order valence-electron chi connectivity index (χ2n) is 11.6. The Labute approximate surface area is 293 Å². The molecule has 1 aromatic heterocycles. The molecule has 48 heavy (non-hydrogen) atoms. The van der Waals surface area contributed by atoms with Crippen molar-refractivity contribution in [1.29, 1.82) is 0 Å². The molecule has 4 aromatic rings. The molecule has 0 unspecified atom stereocenters. The standard InChI is InChI=1S/C36H38ClN3O6S2/c1-5-6-18-45-26-14-11-23(12-15-26)32(41)30-31(24-13-16-28(29(20-24)44-4)46-19-17-22(2)3)40(34(43)33(30)42)35-38-39-36(48-35)47-21-25-9-7-8-10-27(25)37/h7-16,20,22,31,41H,5-6,17-19,21H2,1-4H3/t31-/m0/s1. The van der Waals surface area contributed by atoms with Crippen molar-refractivity contribution in [3.8, 4) is 17.2 Å². The first-order valence-corrected chi connectivity index (χ1v) is 17.9. The number of carbonyl (C=O) groups excluding carboxylic acids is 2. The molecule has 0 aliphatic carbocycles. The summed E-state index contributed by atoms with van der Waals surface area (Å²) in [6.07, 6.45) is 2.79. The van der Waals surface area contributed by atoms with Gasteiger partial charge in [-0.3, -0.25) is 14.5 Å². The van der Waals surface area contributed by atoms with Gasteiger partial charge in [0, 0.05) is 16.3 Å². The number of carbonyl (C=O) groups is 2. The number of hydrogen-bond acceptors (Lipinski definition) is 10. The summed E-state index contributed by atoms with van der Waals surface area (Å²) in [7, 11) is 1.53. The first-order valence-electron chi connectivity index (χ1n) is 15.8. The van der Waals surface area contributed by atoms with Gasteiger partial charge in [0.25, 0.3) is 5.78 Å². The predicted molar refractivity (Wildman–Crippen MR) is 190 cm³/mol. The van der Waals surface area contributed by atoms with Crippen LogP contribution in [0.5, 0.6) is 17.2 Å². The molecule has 1 aliphatic heterocycles. The molecule has 0 radical (unpaired) electrons. The topological polar surface area (TPSA) is 111 Å². The lowest BCUT2D eigenvalue weighted by Crippen LogP contribution is -2.29. The Hall–Kier alpha value is -4.06. The van der Waals surface area contributed by atoms with Crippen LogP contribution in [0.4, 0.5) is 5.13 Å². The van der Waals surface area contributed by atoms with E-state index in [9.17, 15) is 14.7 Å². The summed E-state index contributed by atoms with van der Waals surface area (Å²) < 4.78 is 18.0. The first-order chi connectivity index (χ1) is 23.2. The van der Waals surface area contributed by atoms with Crippen LogP contribution in [0.25, 0.3) is 5.76 Å². The van der Waals surface area contributed by atoms with E-state index in [1.165, 1.54) is 35.1 Å². The van der Waals surface area contributed by atoms with E-state index < -0.39 is 17.7 Å². The highest BCUT2D eigenvalue weighted by Gasteiger charge is 2.48. The van der Waals surface area contributed by atoms with Crippen LogP contribution in [-0.2, 0) is 15.3 Å². The summed E-state index contributed by atoms with van der Waals surface area (Å²) >= 11 is 8.95. The molecule has 3 aromatic carbocycles. The Morgan fingerprint density at radius 3 is 2.50 bits per heavy atom. The van der Waals surface area contributed by atoms with Crippen molar-refractivity contribution in [2.24, 2.45) is 5.92 Å². The largest absolute Gasteiger partial charge is 0.507 e. The van der Waals surface area contributed by atoms with E-state index in [-0.39, 0.29) is 16.5 Å². The zero-order valence-corrected chi connectivity index (χ0v) is 29.7. The SMILES string of the molecule is CCCCOc1ccc(C(O)=C2C(=O)C(=O)N(c3nnc(SCc4ccccc4Cl)s3)[C@H]2c2ccc(OCCC(C)C)c(OC)c2)cc1. The number of ketones is 1. The maximum atomic E-state index is 13.8. The number of aliphatic hydroxyl groups excluding tert-OH is 1. The summed E-state index contributed by atoms with van der Waals surface area (Å²) in [6.45, 7) is 7.40. The third-order valence-corrected chi connectivity index (χ3v) is 10.2. The fourth-order valence-corrected chi connectivity index (χ4v) is 7.19. The van der Waals surface area contributed by atoms with E-state index in [0.29, 0.717) is 62.6 Å². The minimum atomic E-state index is -1.02. The van der Waals surface area contributed by atoms with Crippen molar-refractivity contribution in [2.45, 2.75) is 56.2 Å². The highest BCUT2D eigenvalue weighted by Crippen LogP contribution is 2.46. The van der Waals surface area contributed by atoms with Gasteiger partial charge in [-0.05, 0) is 72.4 Å². The van der Waals surface area contributed by atoms with Crippen LogP contribution in [0.15, 0.2) is 76.6 Å². The second-order valence-corrected chi connectivity index (χ2v) is 14.2. The van der Waals surface area contributed by atoms with Crippen LogP contribution < -0.4 is 19.1 Å². The number of halogens is 1. The summed E-state index contributed by atoms with van der Waals surface area (Å²) in [6, 6.07) is 18.6. The number of aromatic nitrogens is 2. The summed E-state index contributed by atoms with van der Waals surface area (Å²) in [5.74, 6) is 0.653. The van der Waals surface area contributed by atoms with Gasteiger partial charge in [-0.1, -0.05) is 86.2 Å². The molecule has 5 rings (SSSR count). The maximum absolute atomic E-state index is 13.8. The Morgan fingerprint density at radius 2 is 1.79 bits per heavy atom. The van der Waals surface area contributed by atoms with Crippen molar-refractivity contribution in [3.05, 3.63) is 94.0 Å². The van der Waals surface area contributed by atoms with E-state index in [4.69, 9.17) is 25.8 Å². The van der Waals surface area contributed by atoms with Gasteiger partial charge in [0.2, 0.25) is 5.13 Å². The number of anilines is 1. The van der Waals surface area contributed by atoms with Crippen LogP contribution in [0.3, 0.4) is 0 Å². The quantitative estimate of drug-likeness (QED) is 0.0324. The fourth-order valence-electron chi connectivity index (χ4n) is 5.04. The number of Topliss-reactive ketones (excluding diaryl/α,β-unsaturated/α-hetero) is 1. The number of benzene rings is 3. The molecular formula is C36H38ClN3O6S2. The molecule has 0 bridgehead atoms. The molecule has 1 aliphatic rings. The normalized spacial score (nSPS) is 15.7. The number of amides is 1. The molecule has 1 N–H and O–H groups in total. The number of unbranched alkanes of at least 4 members (excludes halogenated alkanes) is 1. The zero-order chi connectivity index (χ0) is 34.2. The molecule has 252 valence electrons. The van der Waals surface area contributed by atoms with E-state index >= 15 is 0 Å². The molecule has 1 fully saturated rings. The van der Waals surface area contributed by atoms with Crippen LogP contribution in [0, 0.1) is 5.92 Å². The third kappa shape index (κ3) is 8.14. The predicted octanol–water partition coefficient (Wildman–Crippen LogP) is 8.72. The van der Waals surface area contributed by atoms with Gasteiger partial charge in [0.15, 0.2) is 15.8 Å². The zero-order valence-electron chi connectivity index (χ0n) is 27.3. The molecule has 1 saturated heterocycles. The molecule has 1 atom stereocenters. The van der Waals surface area contributed by atoms with E-state index in [1.807, 2.05) is 24.3 Å². The van der Waals surface area contributed by atoms with Gasteiger partial charge in [0.1, 0.15) is 11.5 Å². The smallest absolute Gasteiger partial charge is 0.301 e. The number of methoxy groups -OCH3 is 1. The number of nitrogens with zero attached hydrogens (tertiary/aromatic N) is 3. The molecule has 0 saturated carbocycles. The monoisotopic (exact) mass is 707 g/mol. The fraction of sp³-hybridized carbons (Fsp3) is 0.333. The van der Waals surface area contributed by atoms with Crippen molar-refractivity contribution >= 4 is 57.3 Å². The molecule has 0 spiro atoms. The minimum Gasteiger partial charge on any atom is -0.507 e. The highest BCUT2D eigenvalue weighted by molar-refractivity contribution is 8.00. The highest BCUT2D eigenvalue weighted by atomic mass is 35.5. The van der Waals surface area contributed by atoms with Gasteiger partial charge in [-0.2, -0.15) is 0 Å². The van der Waals surface area contributed by atoms with E-state index in [0.717, 1.165) is 24.8 Å². The number of thioether (sulfide) groups is 1. The molecule has 1 amide bonds. The van der Waals surface area contributed by atoms with Crippen LogP contribution >= 0.6 is 34.7 Å². The van der Waals surface area contributed by atoms with E-state index in [2.05, 4.69) is 31.0 Å². The van der Waals surface area contributed by atoms with Crippen LogP contribution in [-0.4, -0.2) is 47.3 Å². The van der Waals surface area contributed by atoms with Gasteiger partial charge in [-0.25, -0.2) is 0 Å². The van der Waals surface area contributed by atoms with E-state index in [1.54, 1.807) is 42.5 Å². The lowest BCUT2D eigenvalue weighted by molar-refractivity contribution is -0.132. The first kappa shape index (κ1) is 35.3. The van der Waals surface area contributed by atoms with Crippen LogP contribution in [0.1, 0.15) is 62.8 Å². The number of hydrogen-bond donors (Lipinski definition) is 1. The van der Waals surface area contributed by atoms with Crippen molar-refractivity contribution in [3.63, 3.8) is 0 Å². The van der Waals surface area contributed by atoms with Gasteiger partial charge < -0.3 is 19.3 Å². The third-order valence-electron chi connectivity index (χ3n) is 7.71. The lowest BCUT2D eigenvalue weighted by atomic mass is 9.95. The Balaban J connectivity index is 1.53. The number of aliphatic hydroxyl groups is 1. The van der Waals surface area contributed by atoms with Gasteiger partial charge >= 0.3 is 5.91 Å². The lowest BCUT2D eigenvalue weighted by Gasteiger charge is -2.23. The average molecular weight is 708 g/mol. The molecule has 2 heterocycles. The van der Waals surface area contributed by atoms with Crippen molar-refractivity contribution in [1.82, 2.24) is 10.2 Å². The Kier molecular flexibility index (Phi) is 12.0. The van der Waals surface area contributed by atoms with Crippen molar-refractivity contribution in [2.75, 3.05) is 25.2 Å². The average Bonchev–Trinajstić information content (AvgIpc) is 3.66. The summed E-state index contributed by atoms with van der Waals surface area (Å²) in [5.41, 5.74) is 1.76. The molecule has 12 heteroatoms. The number of rotatable bonds is 15.